The first-order chi connectivity index (χ1) is 33.3. The van der Waals surface area contributed by atoms with Crippen LogP contribution in [0.15, 0.2) is 24.3 Å². The van der Waals surface area contributed by atoms with E-state index in [1.54, 1.807) is 0 Å². The lowest BCUT2D eigenvalue weighted by Crippen LogP contribution is -2.61. The van der Waals surface area contributed by atoms with Gasteiger partial charge >= 0.3 is 35.8 Å². The maximum atomic E-state index is 13.8. The van der Waals surface area contributed by atoms with Crippen LogP contribution in [0.25, 0.3) is 0 Å². The number of nitrogens with one attached hydrogen (secondary N) is 7. The molecule has 0 saturated carbocycles. The van der Waals surface area contributed by atoms with E-state index < -0.39 is 158 Å². The molecule has 7 amide bonds. The van der Waals surface area contributed by atoms with Gasteiger partial charge in [-0.25, -0.2) is 4.79 Å². The number of benzene rings is 1. The van der Waals surface area contributed by atoms with Crippen molar-refractivity contribution in [2.75, 3.05) is 13.1 Å². The van der Waals surface area contributed by atoms with Gasteiger partial charge < -0.3 is 90.2 Å². The Kier molecular flexibility index (Phi) is 29.1. The highest BCUT2D eigenvalue weighted by Gasteiger charge is 2.37. The molecule has 30 nitrogen and oxygen atoms in total. The van der Waals surface area contributed by atoms with Crippen LogP contribution < -0.4 is 54.4 Å². The Morgan fingerprint density at radius 1 is 0.403 bits per heavy atom. The van der Waals surface area contributed by atoms with E-state index in [9.17, 15) is 93.0 Å². The molecule has 1 aromatic carbocycles. The van der Waals surface area contributed by atoms with Gasteiger partial charge in [0.05, 0.1) is 38.1 Å². The fourth-order valence-corrected chi connectivity index (χ4v) is 6.32. The number of amides is 7. The molecular weight excluding hydrogens is 965 g/mol. The molecule has 0 aromatic heterocycles. The van der Waals surface area contributed by atoms with E-state index in [4.69, 9.17) is 22.3 Å². The first kappa shape index (κ1) is 64.0. The molecule has 0 aliphatic carbocycles. The lowest BCUT2D eigenvalue weighted by atomic mass is 10.0. The molecule has 8 atom stereocenters. The van der Waals surface area contributed by atoms with Crippen molar-refractivity contribution in [3.63, 3.8) is 0 Å². The van der Waals surface area contributed by atoms with E-state index in [-0.39, 0.29) is 64.8 Å². The summed E-state index contributed by atoms with van der Waals surface area (Å²) in [5.74, 6) is -19.6. The lowest BCUT2D eigenvalue weighted by Gasteiger charge is -2.27. The zero-order chi connectivity index (χ0) is 54.0. The van der Waals surface area contributed by atoms with E-state index in [0.29, 0.717) is 12.0 Å². The first-order valence-corrected chi connectivity index (χ1v) is 21.7. The predicted octanol–water partition coefficient (Wildman–Crippen LogP) is -4.99. The molecule has 0 heterocycles. The van der Waals surface area contributed by atoms with Gasteiger partial charge in [-0.2, -0.15) is 0 Å². The number of carbonyl (C=O) groups excluding carboxylic acids is 7. The van der Waals surface area contributed by atoms with E-state index in [2.05, 4.69) is 21.3 Å². The molecule has 30 heteroatoms. The van der Waals surface area contributed by atoms with E-state index in [0.717, 1.165) is 0 Å². The average Bonchev–Trinajstić information content (AvgIpc) is 3.26. The van der Waals surface area contributed by atoms with Crippen LogP contribution in [-0.4, -0.2) is 174 Å². The molecule has 1 rings (SSSR count). The Labute approximate surface area is 410 Å². The van der Waals surface area contributed by atoms with Gasteiger partial charge in [0.15, 0.2) is 0 Å². The monoisotopic (exact) mass is 1030 g/mol. The number of nitrogens with two attached hydrogens (primary N) is 3. The van der Waals surface area contributed by atoms with Crippen molar-refractivity contribution in [1.29, 1.82) is 0 Å². The van der Waals surface area contributed by atoms with Crippen LogP contribution in [-0.2, 0) is 68.7 Å². The largest absolute Gasteiger partial charge is 0.508 e. The summed E-state index contributed by atoms with van der Waals surface area (Å²) in [4.78, 5) is 164. The molecule has 20 N–H and O–H groups in total. The van der Waals surface area contributed by atoms with Crippen LogP contribution in [0.1, 0.15) is 83.6 Å². The molecule has 0 aliphatic heterocycles. The highest BCUT2D eigenvalue weighted by molar-refractivity contribution is 6.00. The summed E-state index contributed by atoms with van der Waals surface area (Å²) in [6, 6.07) is -9.94. The maximum absolute atomic E-state index is 13.8. The molecule has 0 bridgehead atoms. The Morgan fingerprint density at radius 2 is 0.694 bits per heavy atom. The third-order valence-corrected chi connectivity index (χ3v) is 9.93. The predicted molar refractivity (Wildman–Crippen MR) is 245 cm³/mol. The molecule has 0 radical (unpaired) electrons. The quantitative estimate of drug-likeness (QED) is 0.0283. The summed E-state index contributed by atoms with van der Waals surface area (Å²) in [5.41, 5.74) is 17.0. The number of rotatable bonds is 35. The number of phenolic OH excluding ortho intramolecular Hbond substituents is 1. The molecule has 0 spiro atoms. The van der Waals surface area contributed by atoms with Crippen molar-refractivity contribution in [2.45, 2.75) is 133 Å². The van der Waals surface area contributed by atoms with Gasteiger partial charge in [0.1, 0.15) is 48.0 Å². The molecule has 72 heavy (non-hydrogen) atoms. The lowest BCUT2D eigenvalue weighted by molar-refractivity contribution is -0.145. The van der Waals surface area contributed by atoms with Gasteiger partial charge in [-0.15, -0.1) is 0 Å². The highest BCUT2D eigenvalue weighted by Crippen LogP contribution is 2.13. The molecule has 0 unspecified atom stereocenters. The standard InChI is InChI=1S/C41H60N10O20.CH4/c42-11-3-1-5-22(45-36(65)24(13-19-7-9-20(52)10-8-19)47-34(63)21(44)14-29(53)54)35(64)48-26(16-31(57)58)38(67)50-28(18-33(61)62)40(69)51-27(17-32(59)60)39(68)49-25(15-30(55)56)37(66)46-23(41(70)71)6-2-4-12-43;/h7-10,21-28,52H,1-6,11-18,42-44H2,(H,45,65)(H,46,66)(H,47,63)(H,48,64)(H,49,68)(H,50,67)(H,51,69)(H,53,54)(H,55,56)(H,57,58)(H,59,60)(H,61,62)(H,70,71);1H4/t21-,22-,23-,24-,25-,26-,27-,28-;/m0./s1. The molecule has 0 fully saturated rings. The number of hydrogen-bond acceptors (Lipinski definition) is 17. The topological polar surface area (TPSA) is 526 Å². The minimum Gasteiger partial charge on any atom is -0.508 e. The SMILES string of the molecule is C.NCCCC[C@H](NC(=O)[C@H](CC(=O)O)NC(=O)[C@H](CC(=O)O)NC(=O)[C@H](CC(=O)O)NC(=O)[C@H](CC(=O)O)NC(=O)[C@H](CCCCN)NC(=O)[C@H](Cc1ccc(O)cc1)NC(=O)[C@@H](N)CC(=O)O)C(=O)O. The number of carboxylic acid groups (broad SMARTS) is 6. The summed E-state index contributed by atoms with van der Waals surface area (Å²) in [6.45, 7) is 0.271. The Hall–Kier alpha value is -7.99. The van der Waals surface area contributed by atoms with Crippen molar-refractivity contribution in [3.8, 4) is 5.75 Å². The zero-order valence-electron chi connectivity index (χ0n) is 38.0. The van der Waals surface area contributed by atoms with Gasteiger partial charge in [0, 0.05) is 6.42 Å². The second-order valence-electron chi connectivity index (χ2n) is 15.8. The number of phenols is 1. The Morgan fingerprint density at radius 3 is 1.03 bits per heavy atom. The molecule has 402 valence electrons. The highest BCUT2D eigenvalue weighted by atomic mass is 16.4. The van der Waals surface area contributed by atoms with Crippen LogP contribution in [0.2, 0.25) is 0 Å². The number of carbonyl (C=O) groups is 13. The average molecular weight is 1030 g/mol. The van der Waals surface area contributed by atoms with E-state index in [1.165, 1.54) is 24.3 Å². The number of carboxylic acids is 6. The number of aromatic hydroxyl groups is 1. The van der Waals surface area contributed by atoms with Crippen LogP contribution in [0.4, 0.5) is 0 Å². The third kappa shape index (κ3) is 25.0. The zero-order valence-corrected chi connectivity index (χ0v) is 38.0. The fourth-order valence-electron chi connectivity index (χ4n) is 6.32. The third-order valence-electron chi connectivity index (χ3n) is 9.93. The second kappa shape index (κ2) is 32.8. The Balaban J connectivity index is 0.0000504. The number of hydrogen-bond donors (Lipinski definition) is 17. The van der Waals surface area contributed by atoms with Crippen LogP contribution >= 0.6 is 0 Å². The molecule has 0 aliphatic rings. The summed E-state index contributed by atoms with van der Waals surface area (Å²) >= 11 is 0. The summed E-state index contributed by atoms with van der Waals surface area (Å²) in [7, 11) is 0. The van der Waals surface area contributed by atoms with Crippen LogP contribution in [0.3, 0.4) is 0 Å². The summed E-state index contributed by atoms with van der Waals surface area (Å²) in [5, 5.41) is 81.0. The molecular formula is C42H64N10O20. The first-order valence-electron chi connectivity index (χ1n) is 21.7. The second-order valence-corrected chi connectivity index (χ2v) is 15.8. The van der Waals surface area contributed by atoms with Crippen molar-refractivity contribution in [2.24, 2.45) is 17.2 Å². The van der Waals surface area contributed by atoms with Gasteiger partial charge in [0.25, 0.3) is 0 Å². The van der Waals surface area contributed by atoms with E-state index in [1.807, 2.05) is 16.0 Å². The van der Waals surface area contributed by atoms with E-state index >= 15 is 0 Å². The minimum atomic E-state index is -2.28. The Bertz CT molecular complexity index is 2090. The van der Waals surface area contributed by atoms with Gasteiger partial charge in [0.2, 0.25) is 41.4 Å². The number of unbranched alkanes of at least 4 members (excludes halogenated alkanes) is 2. The minimum absolute atomic E-state index is 0. The van der Waals surface area contributed by atoms with Crippen molar-refractivity contribution < 1.29 is 98.1 Å². The fraction of sp³-hybridized carbons (Fsp3) is 0.548. The maximum Gasteiger partial charge on any atom is 0.326 e. The van der Waals surface area contributed by atoms with Gasteiger partial charge in [-0.1, -0.05) is 19.6 Å². The summed E-state index contributed by atoms with van der Waals surface area (Å²) < 4.78 is 0. The van der Waals surface area contributed by atoms with Gasteiger partial charge in [-0.3, -0.25) is 57.5 Å². The molecule has 1 aromatic rings. The van der Waals surface area contributed by atoms with Crippen molar-refractivity contribution in [1.82, 2.24) is 37.2 Å². The van der Waals surface area contributed by atoms with Crippen molar-refractivity contribution >= 4 is 77.2 Å². The normalized spacial score (nSPS) is 14.0. The summed E-state index contributed by atoms with van der Waals surface area (Å²) in [6.07, 6.45) is -5.70. The smallest absolute Gasteiger partial charge is 0.326 e. The van der Waals surface area contributed by atoms with Gasteiger partial charge in [-0.05, 0) is 69.3 Å². The number of aliphatic carboxylic acids is 6. The van der Waals surface area contributed by atoms with Crippen molar-refractivity contribution in [3.05, 3.63) is 29.8 Å². The molecule has 0 saturated heterocycles. The van der Waals surface area contributed by atoms with Crippen LogP contribution in [0.5, 0.6) is 5.75 Å². The van der Waals surface area contributed by atoms with Crippen LogP contribution in [0, 0.1) is 0 Å².